The lowest BCUT2D eigenvalue weighted by Gasteiger charge is -2.21. The largest absolute Gasteiger partial charge is 0.431 e. The zero-order valence-corrected chi connectivity index (χ0v) is 22.7. The summed E-state index contributed by atoms with van der Waals surface area (Å²) in [5.41, 5.74) is 1.58. The van der Waals surface area contributed by atoms with Gasteiger partial charge in [-0.3, -0.25) is 9.48 Å². The Balaban J connectivity index is 1.57. The van der Waals surface area contributed by atoms with Crippen LogP contribution in [0.1, 0.15) is 67.8 Å². The van der Waals surface area contributed by atoms with E-state index in [2.05, 4.69) is 15.4 Å². The monoisotopic (exact) mass is 545 g/mol. The lowest BCUT2D eigenvalue weighted by molar-refractivity contribution is 0.0974. The fourth-order valence-corrected chi connectivity index (χ4v) is 6.49. The summed E-state index contributed by atoms with van der Waals surface area (Å²) in [4.78, 5) is 16.6. The number of carbonyl (C=O) groups is 1. The van der Waals surface area contributed by atoms with Gasteiger partial charge in [0.2, 0.25) is 10.0 Å². The molecule has 15 heteroatoms. The molecular weight excluding hydrogens is 510 g/mol. The standard InChI is InChI=1S/C21H35N7O6S2/c1-5-6-12-35(30,31)26-8-7-9-27(11-10-26)36(32,33)25-20(29)19-15-34-21(23-19)22-13-18-17(4)14-28(24-18)16(2)3/h14-16H,5-13H2,1-4H3,(H,22,23)(H,25,29). The fourth-order valence-electron chi connectivity index (χ4n) is 3.66. The maximum atomic E-state index is 12.8. The Morgan fingerprint density at radius 1 is 1.14 bits per heavy atom. The van der Waals surface area contributed by atoms with Crippen LogP contribution in [0.2, 0.25) is 0 Å². The predicted molar refractivity (Wildman–Crippen MR) is 134 cm³/mol. The van der Waals surface area contributed by atoms with Crippen molar-refractivity contribution in [2.45, 2.75) is 59.5 Å². The van der Waals surface area contributed by atoms with Crippen LogP contribution in [0.4, 0.5) is 6.01 Å². The number of rotatable bonds is 11. The quantitative estimate of drug-likeness (QED) is 0.426. The van der Waals surface area contributed by atoms with Crippen molar-refractivity contribution < 1.29 is 26.0 Å². The van der Waals surface area contributed by atoms with E-state index in [-0.39, 0.29) is 49.7 Å². The normalized spacial score (nSPS) is 16.2. The number of hydrogen-bond acceptors (Lipinski definition) is 9. The van der Waals surface area contributed by atoms with Crippen LogP contribution in [-0.2, 0) is 26.8 Å². The van der Waals surface area contributed by atoms with Gasteiger partial charge in [-0.1, -0.05) is 13.3 Å². The Morgan fingerprint density at radius 3 is 2.50 bits per heavy atom. The van der Waals surface area contributed by atoms with Gasteiger partial charge in [-0.2, -0.15) is 22.8 Å². The SMILES string of the molecule is CCCCS(=O)(=O)N1CCCN(S(=O)(=O)NC(=O)c2coc(NCc3nn(C(C)C)cc3C)n2)CC1. The van der Waals surface area contributed by atoms with Crippen LogP contribution < -0.4 is 10.0 Å². The fraction of sp³-hybridized carbons (Fsp3) is 0.667. The summed E-state index contributed by atoms with van der Waals surface area (Å²) in [6, 6.07) is 0.271. The predicted octanol–water partition coefficient (Wildman–Crippen LogP) is 1.48. The van der Waals surface area contributed by atoms with Gasteiger partial charge in [0.05, 0.1) is 18.0 Å². The number of unbranched alkanes of at least 4 members (excludes halogenated alkanes) is 1. The van der Waals surface area contributed by atoms with E-state index in [1.165, 1.54) is 4.31 Å². The minimum Gasteiger partial charge on any atom is -0.431 e. The number of amides is 1. The highest BCUT2D eigenvalue weighted by atomic mass is 32.2. The Morgan fingerprint density at radius 2 is 1.83 bits per heavy atom. The van der Waals surface area contributed by atoms with Crippen molar-refractivity contribution in [3.8, 4) is 0 Å². The summed E-state index contributed by atoms with van der Waals surface area (Å²) < 4.78 is 62.0. The molecule has 0 aliphatic carbocycles. The van der Waals surface area contributed by atoms with Crippen molar-refractivity contribution in [2.75, 3.05) is 37.2 Å². The third-order valence-corrected chi connectivity index (χ3v) is 9.26. The molecule has 0 spiro atoms. The topological polar surface area (TPSA) is 160 Å². The number of nitrogens with one attached hydrogen (secondary N) is 2. The van der Waals surface area contributed by atoms with Crippen LogP contribution in [0, 0.1) is 6.92 Å². The molecule has 36 heavy (non-hydrogen) atoms. The lowest BCUT2D eigenvalue weighted by atomic mass is 10.3. The average molecular weight is 546 g/mol. The minimum absolute atomic E-state index is 0.0329. The van der Waals surface area contributed by atoms with Crippen LogP contribution in [0.3, 0.4) is 0 Å². The van der Waals surface area contributed by atoms with Gasteiger partial charge in [-0.15, -0.1) is 0 Å². The molecule has 0 bridgehead atoms. The van der Waals surface area contributed by atoms with Crippen LogP contribution >= 0.6 is 0 Å². The molecule has 1 fully saturated rings. The van der Waals surface area contributed by atoms with Crippen LogP contribution in [-0.4, -0.2) is 78.0 Å². The summed E-state index contributed by atoms with van der Waals surface area (Å²) in [6.45, 7) is 8.51. The molecule has 3 rings (SSSR count). The number of aromatic nitrogens is 3. The second-order valence-corrected chi connectivity index (χ2v) is 12.7. The molecule has 2 aromatic rings. The van der Waals surface area contributed by atoms with Crippen LogP contribution in [0.15, 0.2) is 16.9 Å². The third kappa shape index (κ3) is 7.05. The smallest absolute Gasteiger partial charge is 0.304 e. The molecule has 1 saturated heterocycles. The number of oxazole rings is 1. The maximum absolute atomic E-state index is 12.8. The van der Waals surface area contributed by atoms with Gasteiger partial charge in [-0.05, 0) is 39.2 Å². The molecule has 1 aliphatic heterocycles. The first kappa shape index (κ1) is 28.1. The Bertz CT molecular complexity index is 1250. The van der Waals surface area contributed by atoms with Crippen molar-refractivity contribution in [3.05, 3.63) is 29.4 Å². The molecule has 0 aromatic carbocycles. The number of carbonyl (C=O) groups excluding carboxylic acids is 1. The van der Waals surface area contributed by atoms with Gasteiger partial charge in [-0.25, -0.2) is 17.4 Å². The van der Waals surface area contributed by atoms with E-state index in [4.69, 9.17) is 4.42 Å². The highest BCUT2D eigenvalue weighted by molar-refractivity contribution is 7.89. The van der Waals surface area contributed by atoms with E-state index in [0.717, 1.165) is 28.2 Å². The van der Waals surface area contributed by atoms with Gasteiger partial charge in [0.15, 0.2) is 5.69 Å². The highest BCUT2D eigenvalue weighted by Crippen LogP contribution is 2.15. The van der Waals surface area contributed by atoms with Crippen molar-refractivity contribution in [1.29, 1.82) is 0 Å². The van der Waals surface area contributed by atoms with Gasteiger partial charge in [0.25, 0.3) is 11.9 Å². The first-order chi connectivity index (χ1) is 16.9. The zero-order chi connectivity index (χ0) is 26.5. The zero-order valence-electron chi connectivity index (χ0n) is 21.1. The van der Waals surface area contributed by atoms with Gasteiger partial charge >= 0.3 is 10.2 Å². The average Bonchev–Trinajstić information content (AvgIpc) is 3.34. The molecular formula is C21H35N7O6S2. The molecule has 0 saturated carbocycles. The molecule has 0 unspecified atom stereocenters. The van der Waals surface area contributed by atoms with E-state index < -0.39 is 26.1 Å². The molecule has 1 amide bonds. The third-order valence-electron chi connectivity index (χ3n) is 5.81. The number of hydrogen-bond donors (Lipinski definition) is 2. The van der Waals surface area contributed by atoms with E-state index >= 15 is 0 Å². The summed E-state index contributed by atoms with van der Waals surface area (Å²) in [5, 5.41) is 7.43. The van der Waals surface area contributed by atoms with E-state index in [9.17, 15) is 21.6 Å². The molecule has 3 heterocycles. The Hall–Kier alpha value is -2.49. The summed E-state index contributed by atoms with van der Waals surface area (Å²) in [6.07, 6.45) is 4.62. The summed E-state index contributed by atoms with van der Waals surface area (Å²) in [5.74, 6) is -0.905. The second kappa shape index (κ2) is 11.7. The molecule has 2 aromatic heterocycles. The molecule has 2 N–H and O–H groups in total. The number of nitrogens with zero attached hydrogens (tertiary/aromatic N) is 5. The van der Waals surface area contributed by atoms with Crippen LogP contribution in [0.25, 0.3) is 0 Å². The Kier molecular flexibility index (Phi) is 9.13. The van der Waals surface area contributed by atoms with E-state index in [1.54, 1.807) is 0 Å². The molecule has 1 aliphatic rings. The summed E-state index contributed by atoms with van der Waals surface area (Å²) >= 11 is 0. The van der Waals surface area contributed by atoms with Crippen molar-refractivity contribution >= 4 is 32.2 Å². The van der Waals surface area contributed by atoms with E-state index in [1.807, 2.05) is 43.3 Å². The first-order valence-corrected chi connectivity index (χ1v) is 15.0. The number of sulfonamides is 1. The van der Waals surface area contributed by atoms with Crippen molar-refractivity contribution in [1.82, 2.24) is 28.1 Å². The van der Waals surface area contributed by atoms with Gasteiger partial charge in [0.1, 0.15) is 6.26 Å². The van der Waals surface area contributed by atoms with Crippen LogP contribution in [0.5, 0.6) is 0 Å². The molecule has 0 atom stereocenters. The van der Waals surface area contributed by atoms with Gasteiger partial charge in [0, 0.05) is 38.4 Å². The summed E-state index contributed by atoms with van der Waals surface area (Å²) in [7, 11) is -7.64. The first-order valence-electron chi connectivity index (χ1n) is 12.0. The Labute approximate surface area is 212 Å². The molecule has 0 radical (unpaired) electrons. The van der Waals surface area contributed by atoms with E-state index in [0.29, 0.717) is 19.4 Å². The van der Waals surface area contributed by atoms with Crippen molar-refractivity contribution in [3.63, 3.8) is 0 Å². The number of aryl methyl sites for hydroxylation is 1. The maximum Gasteiger partial charge on any atom is 0.304 e. The highest BCUT2D eigenvalue weighted by Gasteiger charge is 2.31. The van der Waals surface area contributed by atoms with Gasteiger partial charge < -0.3 is 9.73 Å². The molecule has 202 valence electrons. The van der Waals surface area contributed by atoms with Crippen molar-refractivity contribution in [2.24, 2.45) is 0 Å². The second-order valence-electron chi connectivity index (χ2n) is 8.98. The number of anilines is 1. The minimum atomic E-state index is -4.20. The molecule has 13 nitrogen and oxygen atoms in total. The lowest BCUT2D eigenvalue weighted by Crippen LogP contribution is -2.45.